The standard InChI is InChI=1S/C10H18F3NO2/c11-10(12,13)9(15)7-14-5-4-8-3-1-2-6-16-8/h8-9,14-15H,1-7H2. The van der Waals surface area contributed by atoms with Crippen molar-refractivity contribution in [3.63, 3.8) is 0 Å². The second kappa shape index (κ2) is 6.42. The molecule has 0 bridgehead atoms. The predicted octanol–water partition coefficient (Wildman–Crippen LogP) is 1.46. The van der Waals surface area contributed by atoms with Crippen LogP contribution in [0.2, 0.25) is 0 Å². The highest BCUT2D eigenvalue weighted by atomic mass is 19.4. The summed E-state index contributed by atoms with van der Waals surface area (Å²) in [5.74, 6) is 0. The minimum atomic E-state index is -4.53. The highest BCUT2D eigenvalue weighted by molar-refractivity contribution is 4.70. The maximum absolute atomic E-state index is 11.9. The van der Waals surface area contributed by atoms with Crippen molar-refractivity contribution in [3.8, 4) is 0 Å². The molecule has 1 aliphatic rings. The Morgan fingerprint density at radius 3 is 2.69 bits per heavy atom. The largest absolute Gasteiger partial charge is 0.415 e. The van der Waals surface area contributed by atoms with Crippen LogP contribution in [0.3, 0.4) is 0 Å². The Kier molecular flexibility index (Phi) is 5.51. The molecule has 1 fully saturated rings. The third-order valence-corrected chi connectivity index (χ3v) is 2.63. The lowest BCUT2D eigenvalue weighted by Gasteiger charge is -2.23. The van der Waals surface area contributed by atoms with Gasteiger partial charge in [0.25, 0.3) is 0 Å². The fraction of sp³-hybridized carbons (Fsp3) is 1.00. The van der Waals surface area contributed by atoms with Gasteiger partial charge in [0.05, 0.1) is 6.10 Å². The number of rotatable bonds is 5. The average molecular weight is 241 g/mol. The van der Waals surface area contributed by atoms with Crippen LogP contribution in [0, 0.1) is 0 Å². The second-order valence-electron chi connectivity index (χ2n) is 4.04. The third-order valence-electron chi connectivity index (χ3n) is 2.63. The molecule has 0 aromatic heterocycles. The number of ether oxygens (including phenoxy) is 1. The van der Waals surface area contributed by atoms with Gasteiger partial charge in [0, 0.05) is 13.2 Å². The zero-order valence-corrected chi connectivity index (χ0v) is 9.09. The van der Waals surface area contributed by atoms with E-state index >= 15 is 0 Å². The molecule has 1 saturated heterocycles. The van der Waals surface area contributed by atoms with Crippen molar-refractivity contribution < 1.29 is 23.0 Å². The molecule has 1 aliphatic heterocycles. The Hall–Kier alpha value is -0.330. The summed E-state index contributed by atoms with van der Waals surface area (Å²) in [4.78, 5) is 0. The van der Waals surface area contributed by atoms with Crippen molar-refractivity contribution >= 4 is 0 Å². The molecule has 0 radical (unpaired) electrons. The summed E-state index contributed by atoms with van der Waals surface area (Å²) in [7, 11) is 0. The molecular formula is C10H18F3NO2. The fourth-order valence-electron chi connectivity index (χ4n) is 1.65. The van der Waals surface area contributed by atoms with Crippen molar-refractivity contribution in [2.75, 3.05) is 19.7 Å². The van der Waals surface area contributed by atoms with Gasteiger partial charge in [0.1, 0.15) is 0 Å². The van der Waals surface area contributed by atoms with Crippen molar-refractivity contribution in [3.05, 3.63) is 0 Å². The van der Waals surface area contributed by atoms with Gasteiger partial charge < -0.3 is 15.2 Å². The summed E-state index contributed by atoms with van der Waals surface area (Å²) in [6.45, 7) is 0.740. The molecule has 1 heterocycles. The number of aliphatic hydroxyl groups excluding tert-OH is 1. The molecule has 3 nitrogen and oxygen atoms in total. The smallest absolute Gasteiger partial charge is 0.382 e. The van der Waals surface area contributed by atoms with E-state index < -0.39 is 18.8 Å². The number of alkyl halides is 3. The zero-order chi connectivity index (χ0) is 12.0. The first-order chi connectivity index (χ1) is 7.50. The lowest BCUT2D eigenvalue weighted by Crippen LogP contribution is -2.39. The molecule has 96 valence electrons. The minimum Gasteiger partial charge on any atom is -0.382 e. The molecule has 0 aliphatic carbocycles. The van der Waals surface area contributed by atoms with Crippen LogP contribution >= 0.6 is 0 Å². The Labute approximate surface area is 93.0 Å². The molecule has 1 rings (SSSR count). The van der Waals surface area contributed by atoms with Crippen molar-refractivity contribution in [2.45, 2.75) is 44.1 Å². The van der Waals surface area contributed by atoms with E-state index in [-0.39, 0.29) is 6.10 Å². The van der Waals surface area contributed by atoms with Gasteiger partial charge in [-0.2, -0.15) is 13.2 Å². The van der Waals surface area contributed by atoms with Gasteiger partial charge in [0.15, 0.2) is 6.10 Å². The zero-order valence-electron chi connectivity index (χ0n) is 9.09. The Morgan fingerprint density at radius 2 is 2.12 bits per heavy atom. The monoisotopic (exact) mass is 241 g/mol. The molecule has 0 aromatic rings. The molecule has 2 unspecified atom stereocenters. The molecule has 2 N–H and O–H groups in total. The minimum absolute atomic E-state index is 0.157. The van der Waals surface area contributed by atoms with E-state index in [1.807, 2.05) is 0 Å². The molecule has 2 atom stereocenters. The summed E-state index contributed by atoms with van der Waals surface area (Å²) in [6, 6.07) is 0. The van der Waals surface area contributed by atoms with Gasteiger partial charge in [-0.1, -0.05) is 0 Å². The number of nitrogens with one attached hydrogen (secondary N) is 1. The number of aliphatic hydroxyl groups is 1. The lowest BCUT2D eigenvalue weighted by molar-refractivity contribution is -0.201. The van der Waals surface area contributed by atoms with E-state index in [2.05, 4.69) is 5.32 Å². The first-order valence-corrected chi connectivity index (χ1v) is 5.57. The molecule has 0 amide bonds. The molecule has 6 heteroatoms. The number of hydrogen-bond acceptors (Lipinski definition) is 3. The summed E-state index contributed by atoms with van der Waals surface area (Å²) >= 11 is 0. The van der Waals surface area contributed by atoms with Crippen LogP contribution in [0.25, 0.3) is 0 Å². The maximum Gasteiger partial charge on any atom is 0.415 e. The fourth-order valence-corrected chi connectivity index (χ4v) is 1.65. The summed E-state index contributed by atoms with van der Waals surface area (Å²) in [5, 5.41) is 11.3. The van der Waals surface area contributed by atoms with E-state index in [0.717, 1.165) is 25.9 Å². The van der Waals surface area contributed by atoms with E-state index in [4.69, 9.17) is 9.84 Å². The second-order valence-corrected chi connectivity index (χ2v) is 4.04. The van der Waals surface area contributed by atoms with Crippen LogP contribution in [0.5, 0.6) is 0 Å². The molecule has 0 spiro atoms. The summed E-state index contributed by atoms with van der Waals surface area (Å²) < 4.78 is 41.2. The van der Waals surface area contributed by atoms with Crippen molar-refractivity contribution in [2.24, 2.45) is 0 Å². The van der Waals surface area contributed by atoms with Crippen LogP contribution in [-0.4, -0.2) is 43.2 Å². The quantitative estimate of drug-likeness (QED) is 0.716. The summed E-state index contributed by atoms with van der Waals surface area (Å²) in [6.07, 6.45) is -2.79. The maximum atomic E-state index is 11.9. The molecular weight excluding hydrogens is 223 g/mol. The van der Waals surface area contributed by atoms with Crippen LogP contribution in [0.1, 0.15) is 25.7 Å². The van der Waals surface area contributed by atoms with E-state index in [0.29, 0.717) is 13.0 Å². The first-order valence-electron chi connectivity index (χ1n) is 5.57. The number of hydrogen-bond donors (Lipinski definition) is 2. The van der Waals surface area contributed by atoms with Gasteiger partial charge in [-0.25, -0.2) is 0 Å². The van der Waals surface area contributed by atoms with E-state index in [1.54, 1.807) is 0 Å². The average Bonchev–Trinajstić information content (AvgIpc) is 2.24. The van der Waals surface area contributed by atoms with Crippen LogP contribution in [0.4, 0.5) is 13.2 Å². The van der Waals surface area contributed by atoms with Crippen molar-refractivity contribution in [1.82, 2.24) is 5.32 Å². The van der Waals surface area contributed by atoms with Crippen LogP contribution in [-0.2, 0) is 4.74 Å². The highest BCUT2D eigenvalue weighted by Gasteiger charge is 2.37. The van der Waals surface area contributed by atoms with Gasteiger partial charge in [-0.3, -0.25) is 0 Å². The summed E-state index contributed by atoms with van der Waals surface area (Å²) in [5.41, 5.74) is 0. The Morgan fingerprint density at radius 1 is 1.38 bits per heavy atom. The van der Waals surface area contributed by atoms with Gasteiger partial charge in [-0.15, -0.1) is 0 Å². The molecule has 16 heavy (non-hydrogen) atoms. The third kappa shape index (κ3) is 5.14. The number of halogens is 3. The van der Waals surface area contributed by atoms with E-state index in [9.17, 15) is 13.2 Å². The van der Waals surface area contributed by atoms with Gasteiger partial charge >= 0.3 is 6.18 Å². The van der Waals surface area contributed by atoms with Gasteiger partial charge in [0.2, 0.25) is 0 Å². The first kappa shape index (κ1) is 13.7. The lowest BCUT2D eigenvalue weighted by atomic mass is 10.1. The van der Waals surface area contributed by atoms with Crippen LogP contribution in [0.15, 0.2) is 0 Å². The predicted molar refractivity (Wildman–Crippen MR) is 53.1 cm³/mol. The SMILES string of the molecule is OC(CNCCC1CCCCO1)C(F)(F)F. The topological polar surface area (TPSA) is 41.5 Å². The van der Waals surface area contributed by atoms with Crippen molar-refractivity contribution in [1.29, 1.82) is 0 Å². The van der Waals surface area contributed by atoms with E-state index in [1.165, 1.54) is 0 Å². The van der Waals surface area contributed by atoms with Gasteiger partial charge in [-0.05, 0) is 32.2 Å². The molecule has 0 aromatic carbocycles. The Bertz CT molecular complexity index is 193. The normalized spacial score (nSPS) is 24.4. The van der Waals surface area contributed by atoms with Crippen LogP contribution < -0.4 is 5.32 Å². The highest BCUT2D eigenvalue weighted by Crippen LogP contribution is 2.19. The molecule has 0 saturated carbocycles. The Balaban J connectivity index is 2.02.